The number of nitrogens with zero attached hydrogens (tertiary/aromatic N) is 6. The van der Waals surface area contributed by atoms with Gasteiger partial charge in [0.05, 0.1) is 4.92 Å². The number of likely N-dealkylation sites (N-methyl/N-ethyl adjacent to an activating group) is 1. The summed E-state index contributed by atoms with van der Waals surface area (Å²) in [5, 5.41) is 13.8. The van der Waals surface area contributed by atoms with Crippen molar-refractivity contribution in [2.75, 3.05) is 56.6 Å². The van der Waals surface area contributed by atoms with Gasteiger partial charge in [0.1, 0.15) is 6.33 Å². The Bertz CT molecular complexity index is 591. The summed E-state index contributed by atoms with van der Waals surface area (Å²) in [5.74, 6) is 1.40. The van der Waals surface area contributed by atoms with Crippen LogP contribution in [-0.2, 0) is 0 Å². The van der Waals surface area contributed by atoms with Gasteiger partial charge in [0.25, 0.3) is 0 Å². The SMILES string of the molecule is CC(C)CN(CC(C)C)c1ncnc(NN2CCN(C)CC2)c1[N+](=O)[O-]. The first kappa shape index (κ1) is 20.3. The van der Waals surface area contributed by atoms with E-state index in [2.05, 4.69) is 55.0 Å². The lowest BCUT2D eigenvalue weighted by molar-refractivity contribution is -0.383. The molecule has 26 heavy (non-hydrogen) atoms. The van der Waals surface area contributed by atoms with Crippen LogP contribution in [0.5, 0.6) is 0 Å². The maximum atomic E-state index is 11.8. The largest absolute Gasteiger partial charge is 0.354 e. The number of aromatic nitrogens is 2. The Hall–Kier alpha value is -2.00. The van der Waals surface area contributed by atoms with Crippen LogP contribution in [0, 0.1) is 22.0 Å². The fourth-order valence-electron chi connectivity index (χ4n) is 3.05. The van der Waals surface area contributed by atoms with E-state index in [0.717, 1.165) is 26.2 Å². The third-order valence-electron chi connectivity index (χ3n) is 4.22. The minimum atomic E-state index is -0.374. The number of hydrazine groups is 1. The summed E-state index contributed by atoms with van der Waals surface area (Å²) >= 11 is 0. The Kier molecular flexibility index (Phi) is 7.10. The lowest BCUT2D eigenvalue weighted by Crippen LogP contribution is -2.47. The molecule has 0 spiro atoms. The van der Waals surface area contributed by atoms with Crippen LogP contribution in [0.15, 0.2) is 6.33 Å². The lowest BCUT2D eigenvalue weighted by Gasteiger charge is -2.33. The van der Waals surface area contributed by atoms with Crippen LogP contribution in [-0.4, -0.2) is 71.1 Å². The highest BCUT2D eigenvalue weighted by Crippen LogP contribution is 2.33. The van der Waals surface area contributed by atoms with Gasteiger partial charge >= 0.3 is 5.69 Å². The van der Waals surface area contributed by atoms with Gasteiger partial charge in [-0.15, -0.1) is 0 Å². The van der Waals surface area contributed by atoms with E-state index in [0.29, 0.717) is 30.7 Å². The quantitative estimate of drug-likeness (QED) is 0.553. The summed E-state index contributed by atoms with van der Waals surface area (Å²) in [4.78, 5) is 24.1. The van der Waals surface area contributed by atoms with Gasteiger partial charge in [0.15, 0.2) is 0 Å². The minimum Gasteiger partial charge on any atom is -0.350 e. The van der Waals surface area contributed by atoms with Gasteiger partial charge in [-0.2, -0.15) is 0 Å². The van der Waals surface area contributed by atoms with Crippen molar-refractivity contribution in [2.24, 2.45) is 11.8 Å². The topological polar surface area (TPSA) is 90.7 Å². The zero-order chi connectivity index (χ0) is 19.3. The monoisotopic (exact) mass is 365 g/mol. The Labute approximate surface area is 155 Å². The summed E-state index contributed by atoms with van der Waals surface area (Å²) < 4.78 is 0. The number of piperazine rings is 1. The molecule has 2 heterocycles. The van der Waals surface area contributed by atoms with Gasteiger partial charge < -0.3 is 9.80 Å². The number of nitrogens with one attached hydrogen (secondary N) is 1. The summed E-state index contributed by atoms with van der Waals surface area (Å²) in [6, 6.07) is 0. The molecule has 0 saturated carbocycles. The molecule has 0 bridgehead atoms. The van der Waals surface area contributed by atoms with E-state index in [9.17, 15) is 10.1 Å². The maximum absolute atomic E-state index is 11.8. The van der Waals surface area contributed by atoms with Crippen LogP contribution in [0.3, 0.4) is 0 Å². The van der Waals surface area contributed by atoms with E-state index in [4.69, 9.17) is 0 Å². The van der Waals surface area contributed by atoms with Crippen molar-refractivity contribution in [3.05, 3.63) is 16.4 Å². The average molecular weight is 365 g/mol. The van der Waals surface area contributed by atoms with E-state index >= 15 is 0 Å². The second-order valence-electron chi connectivity index (χ2n) is 7.75. The molecular weight excluding hydrogens is 334 g/mol. The summed E-state index contributed by atoms with van der Waals surface area (Å²) in [7, 11) is 2.07. The number of anilines is 2. The molecule has 0 aromatic carbocycles. The fraction of sp³-hybridized carbons (Fsp3) is 0.765. The zero-order valence-electron chi connectivity index (χ0n) is 16.5. The van der Waals surface area contributed by atoms with Crippen molar-refractivity contribution >= 4 is 17.3 Å². The third kappa shape index (κ3) is 5.50. The van der Waals surface area contributed by atoms with E-state index in [1.165, 1.54) is 6.33 Å². The van der Waals surface area contributed by atoms with Gasteiger partial charge in [0, 0.05) is 39.3 Å². The molecule has 146 valence electrons. The molecule has 0 radical (unpaired) electrons. The van der Waals surface area contributed by atoms with Gasteiger partial charge in [-0.05, 0) is 18.9 Å². The molecule has 1 saturated heterocycles. The summed E-state index contributed by atoms with van der Waals surface area (Å²) in [6.45, 7) is 13.2. The highest BCUT2D eigenvalue weighted by atomic mass is 16.6. The molecule has 0 aliphatic carbocycles. The molecule has 1 aliphatic rings. The predicted molar refractivity (Wildman–Crippen MR) is 103 cm³/mol. The van der Waals surface area contributed by atoms with Crippen molar-refractivity contribution in [1.29, 1.82) is 0 Å². The summed E-state index contributed by atoms with van der Waals surface area (Å²) in [6.07, 6.45) is 1.41. The molecule has 2 rings (SSSR count). The molecule has 0 unspecified atom stereocenters. The van der Waals surface area contributed by atoms with E-state index < -0.39 is 0 Å². The van der Waals surface area contributed by atoms with E-state index in [-0.39, 0.29) is 16.4 Å². The minimum absolute atomic E-state index is 0.0484. The highest BCUT2D eigenvalue weighted by molar-refractivity contribution is 5.70. The van der Waals surface area contributed by atoms with Crippen molar-refractivity contribution in [3.63, 3.8) is 0 Å². The molecule has 1 aromatic rings. The van der Waals surface area contributed by atoms with Gasteiger partial charge in [-0.3, -0.25) is 15.5 Å². The molecule has 1 N–H and O–H groups in total. The first-order chi connectivity index (χ1) is 12.3. The third-order valence-corrected chi connectivity index (χ3v) is 4.22. The summed E-state index contributed by atoms with van der Waals surface area (Å²) in [5.41, 5.74) is 3.09. The Balaban J connectivity index is 2.32. The second kappa shape index (κ2) is 9.09. The molecule has 9 nitrogen and oxygen atoms in total. The number of hydrogen-bond donors (Lipinski definition) is 1. The first-order valence-electron chi connectivity index (χ1n) is 9.22. The predicted octanol–water partition coefficient (Wildman–Crippen LogP) is 2.08. The number of nitro groups is 1. The van der Waals surface area contributed by atoms with Crippen molar-refractivity contribution in [1.82, 2.24) is 19.9 Å². The van der Waals surface area contributed by atoms with Gasteiger partial charge in [-0.25, -0.2) is 15.0 Å². The van der Waals surface area contributed by atoms with Crippen molar-refractivity contribution in [2.45, 2.75) is 27.7 Å². The smallest absolute Gasteiger partial charge is 0.350 e. The zero-order valence-corrected chi connectivity index (χ0v) is 16.5. The fourth-order valence-corrected chi connectivity index (χ4v) is 3.05. The van der Waals surface area contributed by atoms with E-state index in [1.54, 1.807) is 0 Å². The molecule has 1 aromatic heterocycles. The molecule has 0 atom stereocenters. The number of hydrogen-bond acceptors (Lipinski definition) is 8. The van der Waals surface area contributed by atoms with Crippen LogP contribution in [0.2, 0.25) is 0 Å². The lowest BCUT2D eigenvalue weighted by atomic mass is 10.1. The second-order valence-corrected chi connectivity index (χ2v) is 7.75. The van der Waals surface area contributed by atoms with Gasteiger partial charge in [0.2, 0.25) is 11.6 Å². The van der Waals surface area contributed by atoms with Crippen LogP contribution in [0.25, 0.3) is 0 Å². The van der Waals surface area contributed by atoms with Crippen LogP contribution >= 0.6 is 0 Å². The Morgan fingerprint density at radius 3 is 2.23 bits per heavy atom. The van der Waals surface area contributed by atoms with Crippen molar-refractivity contribution in [3.8, 4) is 0 Å². The maximum Gasteiger partial charge on any atom is 0.354 e. The average Bonchev–Trinajstić information content (AvgIpc) is 2.55. The molecule has 9 heteroatoms. The normalized spacial score (nSPS) is 16.3. The molecule has 1 aliphatic heterocycles. The highest BCUT2D eigenvalue weighted by Gasteiger charge is 2.29. The standard InChI is InChI=1S/C17H31N7O2/c1-13(2)10-22(11-14(3)4)17-15(24(25)26)16(18-12-19-17)20-23-8-6-21(5)7-9-23/h12-14H,6-11H2,1-5H3,(H,18,19,20). The van der Waals surface area contributed by atoms with Crippen LogP contribution in [0.1, 0.15) is 27.7 Å². The van der Waals surface area contributed by atoms with Crippen LogP contribution in [0.4, 0.5) is 17.3 Å². The molecular formula is C17H31N7O2. The van der Waals surface area contributed by atoms with Crippen molar-refractivity contribution < 1.29 is 4.92 Å². The number of rotatable bonds is 8. The van der Waals surface area contributed by atoms with E-state index in [1.807, 2.05) is 9.91 Å². The Morgan fingerprint density at radius 1 is 1.15 bits per heavy atom. The molecule has 1 fully saturated rings. The first-order valence-corrected chi connectivity index (χ1v) is 9.22. The molecule has 0 amide bonds. The Morgan fingerprint density at radius 2 is 1.73 bits per heavy atom. The van der Waals surface area contributed by atoms with Crippen LogP contribution < -0.4 is 10.3 Å². The van der Waals surface area contributed by atoms with Gasteiger partial charge in [-0.1, -0.05) is 27.7 Å².